The number of imide groups is 2. The van der Waals surface area contributed by atoms with Crippen molar-refractivity contribution in [3.05, 3.63) is 89.5 Å². The molecule has 36 heavy (non-hydrogen) atoms. The van der Waals surface area contributed by atoms with Crippen LogP contribution in [0.4, 0.5) is 10.5 Å². The number of anilines is 1. The van der Waals surface area contributed by atoms with Gasteiger partial charge in [-0.05, 0) is 62.4 Å². The Balaban J connectivity index is 1.67. The van der Waals surface area contributed by atoms with Crippen LogP contribution in [0.1, 0.15) is 18.1 Å². The molecule has 9 nitrogen and oxygen atoms in total. The van der Waals surface area contributed by atoms with E-state index in [1.165, 1.54) is 42.5 Å². The van der Waals surface area contributed by atoms with Gasteiger partial charge in [0.1, 0.15) is 22.0 Å². The molecular formula is C26H22N2O7S. The number of benzene rings is 3. The Morgan fingerprint density at radius 1 is 0.917 bits per heavy atom. The molecule has 0 saturated carbocycles. The Labute approximate surface area is 208 Å². The van der Waals surface area contributed by atoms with E-state index >= 15 is 0 Å². The number of para-hydroxylation sites is 1. The predicted octanol–water partition coefficient (Wildman–Crippen LogP) is 3.83. The molecule has 0 bridgehead atoms. The monoisotopic (exact) mass is 506 g/mol. The Hall–Kier alpha value is -4.44. The first-order valence-electron chi connectivity index (χ1n) is 10.9. The quantitative estimate of drug-likeness (QED) is 0.294. The van der Waals surface area contributed by atoms with Crippen LogP contribution in [0.3, 0.4) is 0 Å². The lowest BCUT2D eigenvalue weighted by molar-refractivity contribution is -0.122. The van der Waals surface area contributed by atoms with Crippen LogP contribution in [0.5, 0.6) is 11.5 Å². The van der Waals surface area contributed by atoms with Crippen molar-refractivity contribution in [3.8, 4) is 11.5 Å². The third kappa shape index (κ3) is 5.13. The van der Waals surface area contributed by atoms with Gasteiger partial charge < -0.3 is 8.92 Å². The van der Waals surface area contributed by atoms with Crippen molar-refractivity contribution in [1.29, 1.82) is 0 Å². The summed E-state index contributed by atoms with van der Waals surface area (Å²) in [5.41, 5.74) is 0.901. The minimum atomic E-state index is -4.18. The highest BCUT2D eigenvalue weighted by Crippen LogP contribution is 2.28. The number of carbonyl (C=O) groups excluding carboxylic acids is 3. The summed E-state index contributed by atoms with van der Waals surface area (Å²) in [5.74, 6) is -1.32. The summed E-state index contributed by atoms with van der Waals surface area (Å²) < 4.78 is 36.3. The fraction of sp³-hybridized carbons (Fsp3) is 0.115. The van der Waals surface area contributed by atoms with E-state index in [1.54, 1.807) is 36.4 Å². The number of amides is 4. The van der Waals surface area contributed by atoms with E-state index in [4.69, 9.17) is 8.92 Å². The molecule has 1 aliphatic rings. The molecular weight excluding hydrogens is 484 g/mol. The molecule has 1 N–H and O–H groups in total. The van der Waals surface area contributed by atoms with E-state index in [1.807, 2.05) is 13.8 Å². The van der Waals surface area contributed by atoms with E-state index in [-0.39, 0.29) is 27.5 Å². The van der Waals surface area contributed by atoms with Crippen LogP contribution in [-0.2, 0) is 19.7 Å². The first kappa shape index (κ1) is 24.7. The van der Waals surface area contributed by atoms with E-state index in [9.17, 15) is 22.8 Å². The Kier molecular flexibility index (Phi) is 6.89. The second-order valence-electron chi connectivity index (χ2n) is 7.77. The van der Waals surface area contributed by atoms with Crippen molar-refractivity contribution >= 4 is 39.7 Å². The maximum Gasteiger partial charge on any atom is 0.339 e. The van der Waals surface area contributed by atoms with Gasteiger partial charge in [-0.25, -0.2) is 9.69 Å². The van der Waals surface area contributed by atoms with E-state index < -0.39 is 28.0 Å². The number of hydrogen-bond donors (Lipinski definition) is 1. The Morgan fingerprint density at radius 3 is 2.25 bits per heavy atom. The molecule has 0 aliphatic carbocycles. The highest BCUT2D eigenvalue weighted by Gasteiger charge is 2.37. The highest BCUT2D eigenvalue weighted by atomic mass is 32.2. The molecule has 0 unspecified atom stereocenters. The molecule has 3 aromatic rings. The van der Waals surface area contributed by atoms with E-state index in [2.05, 4.69) is 5.32 Å². The van der Waals surface area contributed by atoms with Gasteiger partial charge in [0.15, 0.2) is 0 Å². The molecule has 1 aliphatic heterocycles. The van der Waals surface area contributed by atoms with Gasteiger partial charge in [-0.2, -0.15) is 8.42 Å². The maximum absolute atomic E-state index is 13.2. The van der Waals surface area contributed by atoms with E-state index in [0.717, 1.165) is 10.5 Å². The third-order valence-corrected chi connectivity index (χ3v) is 6.48. The van der Waals surface area contributed by atoms with Crippen molar-refractivity contribution < 1.29 is 31.7 Å². The van der Waals surface area contributed by atoms with Gasteiger partial charge in [0.05, 0.1) is 12.3 Å². The number of carbonyl (C=O) groups is 3. The Bertz CT molecular complexity index is 1460. The minimum absolute atomic E-state index is 0.0469. The molecule has 10 heteroatoms. The smallest absolute Gasteiger partial charge is 0.339 e. The van der Waals surface area contributed by atoms with Crippen LogP contribution in [0.15, 0.2) is 83.3 Å². The molecule has 4 amide bonds. The van der Waals surface area contributed by atoms with Crippen molar-refractivity contribution in [1.82, 2.24) is 5.32 Å². The Morgan fingerprint density at radius 2 is 1.58 bits per heavy atom. The van der Waals surface area contributed by atoms with Crippen molar-refractivity contribution in [2.75, 3.05) is 11.5 Å². The molecule has 1 saturated heterocycles. The SMILES string of the molecule is CCOc1ccc(N2C(=O)NC(=O)/C(=C\c3ccccc3OS(=O)(=O)c3ccc(C)cc3)C2=O)cc1. The lowest BCUT2D eigenvalue weighted by Crippen LogP contribution is -2.54. The summed E-state index contributed by atoms with van der Waals surface area (Å²) >= 11 is 0. The average Bonchev–Trinajstić information content (AvgIpc) is 2.84. The van der Waals surface area contributed by atoms with Crippen molar-refractivity contribution in [2.45, 2.75) is 18.7 Å². The minimum Gasteiger partial charge on any atom is -0.494 e. The standard InChI is InChI=1S/C26H22N2O7S/c1-3-34-20-12-10-19(11-13-20)28-25(30)22(24(29)27-26(28)31)16-18-6-4-5-7-23(18)35-36(32,33)21-14-8-17(2)9-15-21/h4-16H,3H2,1-2H3,(H,27,29,31)/b22-16+. The lowest BCUT2D eigenvalue weighted by Gasteiger charge is -2.26. The zero-order valence-corrected chi connectivity index (χ0v) is 20.2. The summed E-state index contributed by atoms with van der Waals surface area (Å²) in [6, 6.07) is 17.5. The van der Waals surface area contributed by atoms with Gasteiger partial charge in [0, 0.05) is 5.56 Å². The van der Waals surface area contributed by atoms with Crippen LogP contribution in [0.25, 0.3) is 6.08 Å². The summed E-state index contributed by atoms with van der Waals surface area (Å²) in [6.07, 6.45) is 1.19. The van der Waals surface area contributed by atoms with Crippen molar-refractivity contribution in [3.63, 3.8) is 0 Å². The third-order valence-electron chi connectivity index (χ3n) is 5.24. The normalized spacial score (nSPS) is 15.1. The number of aryl methyl sites for hydroxylation is 1. The van der Waals surface area contributed by atoms with Gasteiger partial charge in [-0.3, -0.25) is 14.9 Å². The van der Waals surface area contributed by atoms with Crippen LogP contribution < -0.4 is 19.1 Å². The number of ether oxygens (including phenoxy) is 1. The number of hydrogen-bond acceptors (Lipinski definition) is 7. The number of rotatable bonds is 7. The second kappa shape index (κ2) is 10.0. The number of nitrogens with one attached hydrogen (secondary N) is 1. The van der Waals surface area contributed by atoms with Crippen LogP contribution in [-0.4, -0.2) is 32.9 Å². The molecule has 0 atom stereocenters. The number of barbiturate groups is 1. The van der Waals surface area contributed by atoms with E-state index in [0.29, 0.717) is 12.4 Å². The molecule has 0 aromatic heterocycles. The van der Waals surface area contributed by atoms with Gasteiger partial charge in [-0.1, -0.05) is 35.9 Å². The molecule has 184 valence electrons. The molecule has 1 heterocycles. The van der Waals surface area contributed by atoms with Gasteiger partial charge in [-0.15, -0.1) is 0 Å². The second-order valence-corrected chi connectivity index (χ2v) is 9.32. The summed E-state index contributed by atoms with van der Waals surface area (Å²) in [7, 11) is -4.18. The van der Waals surface area contributed by atoms with Crippen LogP contribution in [0.2, 0.25) is 0 Å². The largest absolute Gasteiger partial charge is 0.494 e. The summed E-state index contributed by atoms with van der Waals surface area (Å²) in [5, 5.41) is 2.14. The predicted molar refractivity (Wildman–Crippen MR) is 132 cm³/mol. The maximum atomic E-state index is 13.2. The number of nitrogens with zero attached hydrogens (tertiary/aromatic N) is 1. The molecule has 4 rings (SSSR count). The lowest BCUT2D eigenvalue weighted by atomic mass is 10.1. The van der Waals surface area contributed by atoms with Crippen molar-refractivity contribution in [2.24, 2.45) is 0 Å². The average molecular weight is 507 g/mol. The van der Waals surface area contributed by atoms with Crippen LogP contribution in [0, 0.1) is 6.92 Å². The van der Waals surface area contributed by atoms with Gasteiger partial charge in [0.2, 0.25) is 0 Å². The molecule has 0 spiro atoms. The number of urea groups is 1. The first-order valence-corrected chi connectivity index (χ1v) is 12.3. The zero-order valence-electron chi connectivity index (χ0n) is 19.4. The van der Waals surface area contributed by atoms with Gasteiger partial charge in [0.25, 0.3) is 11.8 Å². The highest BCUT2D eigenvalue weighted by molar-refractivity contribution is 7.87. The van der Waals surface area contributed by atoms with Crippen LogP contribution >= 0.6 is 0 Å². The fourth-order valence-electron chi connectivity index (χ4n) is 3.45. The summed E-state index contributed by atoms with van der Waals surface area (Å²) in [6.45, 7) is 4.10. The molecule has 1 fully saturated rings. The molecule has 0 radical (unpaired) electrons. The topological polar surface area (TPSA) is 119 Å². The zero-order chi connectivity index (χ0) is 25.9. The summed E-state index contributed by atoms with van der Waals surface area (Å²) in [4.78, 5) is 39.0. The first-order chi connectivity index (χ1) is 17.2. The van der Waals surface area contributed by atoms with Gasteiger partial charge >= 0.3 is 16.1 Å². The fourth-order valence-corrected chi connectivity index (χ4v) is 4.41. The molecule has 3 aromatic carbocycles.